The molecule has 0 aliphatic rings. The van der Waals surface area contributed by atoms with Gasteiger partial charge in [0.25, 0.3) is 5.91 Å². The van der Waals surface area contributed by atoms with Crippen LogP contribution in [0.3, 0.4) is 0 Å². The van der Waals surface area contributed by atoms with Crippen LogP contribution in [-0.2, 0) is 6.18 Å². The van der Waals surface area contributed by atoms with Crippen molar-refractivity contribution in [2.45, 2.75) is 6.18 Å². The van der Waals surface area contributed by atoms with Gasteiger partial charge >= 0.3 is 6.18 Å². The molecule has 118 valence electrons. The van der Waals surface area contributed by atoms with E-state index in [-0.39, 0.29) is 11.3 Å². The average Bonchev–Trinajstić information content (AvgIpc) is 2.95. The number of methoxy groups -OCH3 is 2. The monoisotopic (exact) mass is 316 g/mol. The number of carbonyl (C=O) groups is 1. The molecule has 0 spiro atoms. The molecular weight excluding hydrogens is 305 g/mol. The van der Waals surface area contributed by atoms with Crippen molar-refractivity contribution in [3.05, 3.63) is 29.6 Å². The number of anilines is 1. The summed E-state index contributed by atoms with van der Waals surface area (Å²) in [5.41, 5.74) is 0.0988. The van der Waals surface area contributed by atoms with Crippen molar-refractivity contribution in [3.63, 3.8) is 0 Å². The van der Waals surface area contributed by atoms with Crippen molar-refractivity contribution >= 4 is 11.9 Å². The van der Waals surface area contributed by atoms with Crippen LogP contribution in [0.2, 0.25) is 0 Å². The summed E-state index contributed by atoms with van der Waals surface area (Å²) in [4.78, 5) is 15.2. The number of halogens is 3. The number of amides is 1. The molecule has 0 atom stereocenters. The topological polar surface area (TPSA) is 89.1 Å². The van der Waals surface area contributed by atoms with Crippen molar-refractivity contribution in [3.8, 4) is 11.5 Å². The summed E-state index contributed by atoms with van der Waals surface area (Å²) in [6.45, 7) is 0. The van der Waals surface area contributed by atoms with Crippen LogP contribution in [0, 0.1) is 0 Å². The van der Waals surface area contributed by atoms with E-state index in [4.69, 9.17) is 9.47 Å². The molecule has 0 fully saturated rings. The van der Waals surface area contributed by atoms with E-state index in [0.717, 1.165) is 0 Å². The Morgan fingerprint density at radius 1 is 1.27 bits per heavy atom. The molecule has 0 aliphatic heterocycles. The lowest BCUT2D eigenvalue weighted by atomic mass is 10.2. The van der Waals surface area contributed by atoms with Gasteiger partial charge in [-0.2, -0.15) is 18.2 Å². The predicted molar refractivity (Wildman–Crippen MR) is 68.9 cm³/mol. The van der Waals surface area contributed by atoms with Crippen LogP contribution >= 0.6 is 0 Å². The molecule has 2 aromatic rings. The fourth-order valence-electron chi connectivity index (χ4n) is 1.60. The highest BCUT2D eigenvalue weighted by molar-refractivity contribution is 6.05. The maximum absolute atomic E-state index is 12.4. The van der Waals surface area contributed by atoms with Crippen LogP contribution in [0.5, 0.6) is 11.5 Å². The van der Waals surface area contributed by atoms with Gasteiger partial charge in [-0.25, -0.2) is 0 Å². The van der Waals surface area contributed by atoms with Gasteiger partial charge in [0.05, 0.1) is 19.8 Å². The van der Waals surface area contributed by atoms with E-state index in [9.17, 15) is 18.0 Å². The summed E-state index contributed by atoms with van der Waals surface area (Å²) in [5.74, 6) is -1.85. The molecule has 0 saturated heterocycles. The third-order valence-corrected chi connectivity index (χ3v) is 2.63. The zero-order valence-corrected chi connectivity index (χ0v) is 11.5. The Morgan fingerprint density at radius 3 is 2.55 bits per heavy atom. The maximum atomic E-state index is 12.4. The zero-order chi connectivity index (χ0) is 16.3. The summed E-state index contributed by atoms with van der Waals surface area (Å²) in [7, 11) is 2.79. The summed E-state index contributed by atoms with van der Waals surface area (Å²) < 4.78 is 47.2. The third kappa shape index (κ3) is 3.27. The fourth-order valence-corrected chi connectivity index (χ4v) is 1.60. The molecule has 0 aliphatic carbocycles. The first-order chi connectivity index (χ1) is 10.3. The highest BCUT2D eigenvalue weighted by Gasteiger charge is 2.35. The van der Waals surface area contributed by atoms with E-state index >= 15 is 0 Å². The Balaban J connectivity index is 2.20. The number of benzene rings is 1. The lowest BCUT2D eigenvalue weighted by molar-refractivity contribution is -0.144. The molecule has 22 heavy (non-hydrogen) atoms. The molecule has 0 saturated carbocycles. The van der Waals surface area contributed by atoms with E-state index in [1.807, 2.05) is 0 Å². The first-order valence-corrected chi connectivity index (χ1v) is 5.88. The number of H-pyrrole nitrogens is 1. The molecule has 1 aromatic heterocycles. The molecular formula is C12H11F3N4O3. The standard InChI is InChI=1S/C12H11F3N4O3/c1-21-6-3-4-7(8(5-6)22-2)9(20)16-11-17-10(18-19-11)12(13,14)15/h3-5H,1-2H3,(H2,16,17,18,19,20). The van der Waals surface area contributed by atoms with E-state index in [2.05, 4.69) is 15.4 Å². The number of aromatic nitrogens is 3. The fraction of sp³-hybridized carbons (Fsp3) is 0.250. The Hall–Kier alpha value is -2.78. The first-order valence-electron chi connectivity index (χ1n) is 5.88. The van der Waals surface area contributed by atoms with Crippen LogP contribution in [0.1, 0.15) is 16.2 Å². The van der Waals surface area contributed by atoms with Gasteiger partial charge in [0.2, 0.25) is 11.8 Å². The van der Waals surface area contributed by atoms with Crippen molar-refractivity contribution < 1.29 is 27.4 Å². The van der Waals surface area contributed by atoms with Crippen molar-refractivity contribution in [1.29, 1.82) is 0 Å². The van der Waals surface area contributed by atoms with Crippen LogP contribution in [0.15, 0.2) is 18.2 Å². The maximum Gasteiger partial charge on any atom is 0.451 e. The number of aromatic amines is 1. The second kappa shape index (κ2) is 5.92. The van der Waals surface area contributed by atoms with Gasteiger partial charge in [0.15, 0.2) is 0 Å². The molecule has 1 amide bonds. The molecule has 1 aromatic carbocycles. The average molecular weight is 316 g/mol. The van der Waals surface area contributed by atoms with E-state index < -0.39 is 23.9 Å². The summed E-state index contributed by atoms with van der Waals surface area (Å²) in [5, 5.41) is 7.13. The molecule has 0 bridgehead atoms. The molecule has 2 rings (SSSR count). The summed E-state index contributed by atoms with van der Waals surface area (Å²) in [6, 6.07) is 4.38. The molecule has 0 unspecified atom stereocenters. The summed E-state index contributed by atoms with van der Waals surface area (Å²) in [6.07, 6.45) is -4.67. The minimum atomic E-state index is -4.67. The normalized spacial score (nSPS) is 11.1. The van der Waals surface area contributed by atoms with E-state index in [1.165, 1.54) is 32.4 Å². The Labute approximate surface area is 122 Å². The first kappa shape index (κ1) is 15.6. The van der Waals surface area contributed by atoms with Crippen molar-refractivity contribution in [1.82, 2.24) is 15.2 Å². The summed E-state index contributed by atoms with van der Waals surface area (Å²) >= 11 is 0. The number of nitrogens with one attached hydrogen (secondary N) is 2. The number of hydrogen-bond acceptors (Lipinski definition) is 5. The molecule has 7 nitrogen and oxygen atoms in total. The second-order valence-electron chi connectivity index (χ2n) is 4.03. The van der Waals surface area contributed by atoms with Crippen molar-refractivity contribution in [2.75, 3.05) is 19.5 Å². The van der Waals surface area contributed by atoms with Gasteiger partial charge < -0.3 is 9.47 Å². The molecule has 1 heterocycles. The van der Waals surface area contributed by atoms with E-state index in [0.29, 0.717) is 5.75 Å². The lowest BCUT2D eigenvalue weighted by Crippen LogP contribution is -2.14. The molecule has 10 heteroatoms. The Morgan fingerprint density at radius 2 is 2.00 bits per heavy atom. The molecule has 0 radical (unpaired) electrons. The molecule has 2 N–H and O–H groups in total. The largest absolute Gasteiger partial charge is 0.497 e. The quantitative estimate of drug-likeness (QED) is 0.901. The van der Waals surface area contributed by atoms with Crippen molar-refractivity contribution in [2.24, 2.45) is 0 Å². The number of hydrogen-bond donors (Lipinski definition) is 2. The van der Waals surface area contributed by atoms with Crippen LogP contribution in [0.25, 0.3) is 0 Å². The van der Waals surface area contributed by atoms with Gasteiger partial charge in [0.1, 0.15) is 11.5 Å². The lowest BCUT2D eigenvalue weighted by Gasteiger charge is -2.09. The minimum Gasteiger partial charge on any atom is -0.497 e. The van der Waals surface area contributed by atoms with Gasteiger partial charge in [0, 0.05) is 6.07 Å². The number of rotatable bonds is 4. The highest BCUT2D eigenvalue weighted by atomic mass is 19.4. The zero-order valence-electron chi connectivity index (χ0n) is 11.5. The van der Waals surface area contributed by atoms with Crippen LogP contribution in [0.4, 0.5) is 19.1 Å². The van der Waals surface area contributed by atoms with Gasteiger partial charge in [-0.15, -0.1) is 5.10 Å². The number of ether oxygens (including phenoxy) is 2. The van der Waals surface area contributed by atoms with Gasteiger partial charge in [-0.1, -0.05) is 0 Å². The van der Waals surface area contributed by atoms with Crippen LogP contribution in [-0.4, -0.2) is 35.3 Å². The number of nitrogens with zero attached hydrogens (tertiary/aromatic N) is 2. The van der Waals surface area contributed by atoms with Gasteiger partial charge in [-0.05, 0) is 12.1 Å². The van der Waals surface area contributed by atoms with Gasteiger partial charge in [-0.3, -0.25) is 15.2 Å². The second-order valence-corrected chi connectivity index (χ2v) is 4.03. The highest BCUT2D eigenvalue weighted by Crippen LogP contribution is 2.27. The minimum absolute atomic E-state index is 0.0988. The number of carbonyl (C=O) groups excluding carboxylic acids is 1. The third-order valence-electron chi connectivity index (χ3n) is 2.63. The Bertz CT molecular complexity index is 684. The van der Waals surface area contributed by atoms with E-state index in [1.54, 1.807) is 5.10 Å². The van der Waals surface area contributed by atoms with Crippen LogP contribution < -0.4 is 14.8 Å². The Kier molecular flexibility index (Phi) is 4.20. The SMILES string of the molecule is COc1ccc(C(=O)Nc2n[nH]c(C(F)(F)F)n2)c(OC)c1. The number of alkyl halides is 3. The predicted octanol–water partition coefficient (Wildman–Crippen LogP) is 2.09. The smallest absolute Gasteiger partial charge is 0.451 e.